The van der Waals surface area contributed by atoms with Gasteiger partial charge >= 0.3 is 0 Å². The highest BCUT2D eigenvalue weighted by Gasteiger charge is 2.27. The van der Waals surface area contributed by atoms with Gasteiger partial charge in [0.2, 0.25) is 11.8 Å². The van der Waals surface area contributed by atoms with E-state index in [0.29, 0.717) is 23.9 Å². The average molecular weight is 490 g/mol. The lowest BCUT2D eigenvalue weighted by Gasteiger charge is -2.13. The molecule has 0 spiro atoms. The summed E-state index contributed by atoms with van der Waals surface area (Å²) in [6, 6.07) is 15.4. The summed E-state index contributed by atoms with van der Waals surface area (Å²) in [5, 5.41) is 7.13. The summed E-state index contributed by atoms with van der Waals surface area (Å²) in [6.45, 7) is 5.99. The van der Waals surface area contributed by atoms with E-state index < -0.39 is 0 Å². The number of nitrogens with one attached hydrogen (secondary N) is 2. The highest BCUT2D eigenvalue weighted by Crippen LogP contribution is 2.45. The summed E-state index contributed by atoms with van der Waals surface area (Å²) in [7, 11) is 1.97. The highest BCUT2D eigenvalue weighted by atomic mass is 16.5. The van der Waals surface area contributed by atoms with Crippen LogP contribution in [0.4, 0.5) is 11.5 Å². The quantitative estimate of drug-likeness (QED) is 0.325. The number of benzene rings is 1. The Kier molecular flexibility index (Phi) is 5.37. The van der Waals surface area contributed by atoms with E-state index in [9.17, 15) is 4.79 Å². The minimum absolute atomic E-state index is 0.287. The molecule has 9 nitrogen and oxygen atoms in total. The Morgan fingerprint density at radius 3 is 2.84 bits per heavy atom. The Morgan fingerprint density at radius 1 is 1.16 bits per heavy atom. The van der Waals surface area contributed by atoms with Crippen LogP contribution in [0, 0.1) is 6.92 Å². The van der Waals surface area contributed by atoms with Crippen molar-refractivity contribution in [2.24, 2.45) is 7.05 Å². The van der Waals surface area contributed by atoms with Crippen molar-refractivity contribution >= 4 is 28.4 Å². The Labute approximate surface area is 212 Å². The molecule has 0 atom stereocenters. The summed E-state index contributed by atoms with van der Waals surface area (Å²) in [5.41, 5.74) is 7.00. The monoisotopic (exact) mass is 489 g/mol. The molecule has 0 fully saturated rings. The molecule has 5 aromatic rings. The van der Waals surface area contributed by atoms with Crippen LogP contribution in [-0.4, -0.2) is 30.4 Å². The van der Waals surface area contributed by atoms with E-state index in [0.717, 1.165) is 50.6 Å². The number of fused-ring (bicyclic) bond motifs is 2. The van der Waals surface area contributed by atoms with Gasteiger partial charge in [-0.1, -0.05) is 18.7 Å². The summed E-state index contributed by atoms with van der Waals surface area (Å²) >= 11 is 0. The molecule has 1 aromatic carbocycles. The fourth-order valence-corrected chi connectivity index (χ4v) is 4.65. The number of aromatic nitrogens is 5. The van der Waals surface area contributed by atoms with Crippen LogP contribution in [-0.2, 0) is 18.4 Å². The Bertz CT molecular complexity index is 1690. The third kappa shape index (κ3) is 3.96. The molecule has 0 aliphatic carbocycles. The number of carbonyl (C=O) groups is 1. The number of anilines is 2. The third-order valence-corrected chi connectivity index (χ3v) is 6.30. The normalized spacial score (nSPS) is 11.8. The van der Waals surface area contributed by atoms with Gasteiger partial charge in [0, 0.05) is 30.9 Å². The minimum atomic E-state index is -0.287. The van der Waals surface area contributed by atoms with E-state index >= 15 is 0 Å². The van der Waals surface area contributed by atoms with Crippen LogP contribution < -0.4 is 15.4 Å². The van der Waals surface area contributed by atoms with Gasteiger partial charge in [0.25, 0.3) is 0 Å². The molecule has 5 heterocycles. The molecule has 0 saturated heterocycles. The van der Waals surface area contributed by atoms with Crippen LogP contribution >= 0.6 is 0 Å². The van der Waals surface area contributed by atoms with Gasteiger partial charge in [-0.15, -0.1) is 0 Å². The molecular weight excluding hydrogens is 466 g/mol. The fraction of sp³-hybridized carbons (Fsp3) is 0.107. The number of amides is 1. The Morgan fingerprint density at radius 2 is 2.05 bits per heavy atom. The number of hydrogen-bond donors (Lipinski definition) is 2. The molecule has 0 bridgehead atoms. The molecular formula is C28H23N7O2. The lowest BCUT2D eigenvalue weighted by molar-refractivity contribution is -0.111. The van der Waals surface area contributed by atoms with Crippen molar-refractivity contribution < 1.29 is 9.53 Å². The van der Waals surface area contributed by atoms with E-state index in [1.54, 1.807) is 12.5 Å². The molecule has 37 heavy (non-hydrogen) atoms. The number of carbonyl (C=O) groups excluding carboxylic acids is 1. The van der Waals surface area contributed by atoms with Gasteiger partial charge in [-0.2, -0.15) is 0 Å². The maximum atomic E-state index is 11.7. The fourth-order valence-electron chi connectivity index (χ4n) is 4.65. The summed E-state index contributed by atoms with van der Waals surface area (Å²) in [4.78, 5) is 29.9. The zero-order valence-corrected chi connectivity index (χ0v) is 20.3. The first-order valence-electron chi connectivity index (χ1n) is 11.7. The number of nitrogens with zero attached hydrogens (tertiary/aromatic N) is 5. The maximum absolute atomic E-state index is 11.7. The van der Waals surface area contributed by atoms with Gasteiger partial charge in [0.1, 0.15) is 23.5 Å². The maximum Gasteiger partial charge on any atom is 0.247 e. The first-order valence-corrected chi connectivity index (χ1v) is 11.7. The van der Waals surface area contributed by atoms with Gasteiger partial charge < -0.3 is 19.9 Å². The molecule has 2 N–H and O–H groups in total. The van der Waals surface area contributed by atoms with E-state index in [4.69, 9.17) is 4.74 Å². The second-order valence-corrected chi connectivity index (χ2v) is 8.72. The standard InChI is InChI=1S/C28H23N7O2/c1-4-22(36)34-18-8-11-21(29-14-18)26-24-20-10-9-19(37-23-7-5-6-16(2)33-23)12-17(20)13-30-27-25(24)28(35(26)3)32-15-31-27/h4-12,14-15H,1,13H2,2-3H3,(H,34,36)(H,30,31,32). The van der Waals surface area contributed by atoms with Crippen molar-refractivity contribution in [3.63, 3.8) is 0 Å². The van der Waals surface area contributed by atoms with Crippen molar-refractivity contribution in [1.82, 2.24) is 24.5 Å². The Balaban J connectivity index is 1.48. The minimum Gasteiger partial charge on any atom is -0.439 e. The molecule has 6 rings (SSSR count). The summed E-state index contributed by atoms with van der Waals surface area (Å²) in [5.74, 6) is 1.72. The number of aryl methyl sites for hydroxylation is 2. The second kappa shape index (κ2) is 8.87. The predicted octanol–water partition coefficient (Wildman–Crippen LogP) is 5.24. The van der Waals surface area contributed by atoms with Crippen molar-refractivity contribution in [2.75, 3.05) is 10.6 Å². The second-order valence-electron chi connectivity index (χ2n) is 8.72. The first-order chi connectivity index (χ1) is 18.0. The molecule has 0 unspecified atom stereocenters. The summed E-state index contributed by atoms with van der Waals surface area (Å²) < 4.78 is 8.09. The number of rotatable bonds is 5. The molecule has 0 radical (unpaired) electrons. The van der Waals surface area contributed by atoms with Gasteiger partial charge in [-0.25, -0.2) is 15.0 Å². The Hall–Kier alpha value is -5.05. The molecule has 182 valence electrons. The van der Waals surface area contributed by atoms with Crippen molar-refractivity contribution in [3.8, 4) is 34.1 Å². The molecule has 0 saturated carbocycles. The largest absolute Gasteiger partial charge is 0.439 e. The van der Waals surface area contributed by atoms with Crippen molar-refractivity contribution in [3.05, 3.63) is 85.0 Å². The predicted molar refractivity (Wildman–Crippen MR) is 142 cm³/mol. The van der Waals surface area contributed by atoms with Crippen molar-refractivity contribution in [1.29, 1.82) is 0 Å². The first kappa shape index (κ1) is 22.4. The van der Waals surface area contributed by atoms with Crippen LogP contribution in [0.15, 0.2) is 73.7 Å². The van der Waals surface area contributed by atoms with E-state index in [1.165, 1.54) is 6.08 Å². The molecule has 9 heteroatoms. The molecule has 1 aliphatic rings. The van der Waals surface area contributed by atoms with Gasteiger partial charge in [-0.05, 0) is 54.5 Å². The zero-order chi connectivity index (χ0) is 25.5. The van der Waals surface area contributed by atoms with E-state index in [1.807, 2.05) is 61.0 Å². The zero-order valence-electron chi connectivity index (χ0n) is 20.3. The van der Waals surface area contributed by atoms with Crippen LogP contribution in [0.3, 0.4) is 0 Å². The van der Waals surface area contributed by atoms with Crippen molar-refractivity contribution in [2.45, 2.75) is 13.5 Å². The van der Waals surface area contributed by atoms with Gasteiger partial charge in [-0.3, -0.25) is 9.78 Å². The molecule has 4 aromatic heterocycles. The summed E-state index contributed by atoms with van der Waals surface area (Å²) in [6.07, 6.45) is 4.42. The smallest absolute Gasteiger partial charge is 0.247 e. The molecule has 1 amide bonds. The van der Waals surface area contributed by atoms with E-state index in [-0.39, 0.29) is 5.91 Å². The third-order valence-electron chi connectivity index (χ3n) is 6.30. The topological polar surface area (TPSA) is 107 Å². The van der Waals surface area contributed by atoms with Gasteiger partial charge in [0.05, 0.1) is 28.7 Å². The number of pyridine rings is 2. The van der Waals surface area contributed by atoms with Crippen LogP contribution in [0.2, 0.25) is 0 Å². The number of ether oxygens (including phenoxy) is 1. The SMILES string of the molecule is C=CC(=O)Nc1ccc(-c2c3c4c(ncnc4n2C)NCc2cc(Oc4cccc(C)n4)ccc2-3)nc1. The van der Waals surface area contributed by atoms with Crippen LogP contribution in [0.1, 0.15) is 11.3 Å². The molecule has 1 aliphatic heterocycles. The van der Waals surface area contributed by atoms with Crippen LogP contribution in [0.5, 0.6) is 11.6 Å². The lowest BCUT2D eigenvalue weighted by Crippen LogP contribution is -2.07. The highest BCUT2D eigenvalue weighted by molar-refractivity contribution is 6.09. The average Bonchev–Trinajstić information content (AvgIpc) is 3.10. The van der Waals surface area contributed by atoms with Crippen LogP contribution in [0.25, 0.3) is 33.5 Å². The lowest BCUT2D eigenvalue weighted by atomic mass is 9.97. The van der Waals surface area contributed by atoms with E-state index in [2.05, 4.69) is 43.2 Å². The van der Waals surface area contributed by atoms with Gasteiger partial charge in [0.15, 0.2) is 0 Å². The number of hydrogen-bond acceptors (Lipinski definition) is 7.